The summed E-state index contributed by atoms with van der Waals surface area (Å²) in [4.78, 5) is 6.86. The molecule has 0 amide bonds. The molecular formula is C15H19N3. The van der Waals surface area contributed by atoms with Gasteiger partial charge >= 0.3 is 0 Å². The number of pyridine rings is 1. The van der Waals surface area contributed by atoms with Gasteiger partial charge in [0, 0.05) is 24.2 Å². The van der Waals surface area contributed by atoms with Crippen LogP contribution < -0.4 is 5.73 Å². The average molecular weight is 241 g/mol. The molecule has 18 heavy (non-hydrogen) atoms. The molecule has 1 aromatic carbocycles. The van der Waals surface area contributed by atoms with Crippen molar-refractivity contribution < 1.29 is 0 Å². The largest absolute Gasteiger partial charge is 0.329 e. The van der Waals surface area contributed by atoms with Crippen LogP contribution in [0.3, 0.4) is 0 Å². The number of benzene rings is 1. The number of aromatic nitrogens is 1. The molecule has 1 saturated heterocycles. The van der Waals surface area contributed by atoms with Gasteiger partial charge in [-0.1, -0.05) is 12.1 Å². The van der Waals surface area contributed by atoms with Gasteiger partial charge in [-0.15, -0.1) is 0 Å². The van der Waals surface area contributed by atoms with E-state index in [0.29, 0.717) is 12.6 Å². The molecule has 0 spiro atoms. The maximum absolute atomic E-state index is 5.97. The van der Waals surface area contributed by atoms with Crippen LogP contribution in [-0.4, -0.2) is 29.5 Å². The standard InChI is InChI=1S/C15H19N3/c16-11-15(18-8-1-2-9-18)13-5-6-14-12(10-13)4-3-7-17-14/h3-7,10,15H,1-2,8-9,11,16H2. The lowest BCUT2D eigenvalue weighted by molar-refractivity contribution is 0.251. The summed E-state index contributed by atoms with van der Waals surface area (Å²) in [5, 5.41) is 1.20. The predicted octanol–water partition coefficient (Wildman–Crippen LogP) is 2.33. The van der Waals surface area contributed by atoms with Gasteiger partial charge in [-0.05, 0) is 49.7 Å². The van der Waals surface area contributed by atoms with Crippen molar-refractivity contribution in [1.82, 2.24) is 9.88 Å². The number of hydrogen-bond donors (Lipinski definition) is 1. The molecular weight excluding hydrogens is 222 g/mol. The Morgan fingerprint density at radius 1 is 1.22 bits per heavy atom. The predicted molar refractivity (Wildman–Crippen MR) is 74.3 cm³/mol. The zero-order chi connectivity index (χ0) is 12.4. The molecule has 1 aliphatic rings. The summed E-state index contributed by atoms with van der Waals surface area (Å²) in [6.07, 6.45) is 4.43. The molecule has 1 unspecified atom stereocenters. The molecule has 1 fully saturated rings. The highest BCUT2D eigenvalue weighted by atomic mass is 15.2. The summed E-state index contributed by atoms with van der Waals surface area (Å²) in [5.41, 5.74) is 8.34. The van der Waals surface area contributed by atoms with Gasteiger partial charge in [-0.2, -0.15) is 0 Å². The molecule has 1 aliphatic heterocycles. The van der Waals surface area contributed by atoms with Crippen molar-refractivity contribution in [2.75, 3.05) is 19.6 Å². The van der Waals surface area contributed by atoms with E-state index in [0.717, 1.165) is 5.52 Å². The lowest BCUT2D eigenvalue weighted by Gasteiger charge is -2.26. The van der Waals surface area contributed by atoms with Gasteiger partial charge < -0.3 is 5.73 Å². The number of rotatable bonds is 3. The topological polar surface area (TPSA) is 42.1 Å². The van der Waals surface area contributed by atoms with Gasteiger partial charge in [0.15, 0.2) is 0 Å². The summed E-state index contributed by atoms with van der Waals surface area (Å²) in [5.74, 6) is 0. The molecule has 3 rings (SSSR count). The minimum absolute atomic E-state index is 0.358. The first-order valence-electron chi connectivity index (χ1n) is 6.67. The maximum atomic E-state index is 5.97. The highest BCUT2D eigenvalue weighted by Gasteiger charge is 2.22. The summed E-state index contributed by atoms with van der Waals surface area (Å²) in [6, 6.07) is 11.0. The van der Waals surface area contributed by atoms with E-state index >= 15 is 0 Å². The SMILES string of the molecule is NCC(c1ccc2ncccc2c1)N1CCCC1. The Hall–Kier alpha value is -1.45. The van der Waals surface area contributed by atoms with Crippen LogP contribution >= 0.6 is 0 Å². The molecule has 2 aromatic rings. The zero-order valence-corrected chi connectivity index (χ0v) is 10.5. The molecule has 94 valence electrons. The van der Waals surface area contributed by atoms with E-state index < -0.39 is 0 Å². The van der Waals surface area contributed by atoms with Crippen molar-refractivity contribution in [1.29, 1.82) is 0 Å². The molecule has 2 N–H and O–H groups in total. The van der Waals surface area contributed by atoms with E-state index in [1.165, 1.54) is 36.9 Å². The normalized spacial score (nSPS) is 18.3. The number of nitrogens with two attached hydrogens (primary N) is 1. The summed E-state index contributed by atoms with van der Waals surface area (Å²) in [6.45, 7) is 3.03. The molecule has 3 heteroatoms. The summed E-state index contributed by atoms with van der Waals surface area (Å²) < 4.78 is 0. The quantitative estimate of drug-likeness (QED) is 0.896. The third-order valence-electron chi connectivity index (χ3n) is 3.82. The van der Waals surface area contributed by atoms with E-state index in [4.69, 9.17) is 5.73 Å². The molecule has 2 heterocycles. The van der Waals surface area contributed by atoms with Crippen LogP contribution in [0.15, 0.2) is 36.5 Å². The Labute approximate surface area is 108 Å². The summed E-state index contributed by atoms with van der Waals surface area (Å²) >= 11 is 0. The van der Waals surface area contributed by atoms with E-state index in [1.54, 1.807) is 0 Å². The van der Waals surface area contributed by atoms with Crippen molar-refractivity contribution in [2.24, 2.45) is 5.73 Å². The third kappa shape index (κ3) is 2.11. The number of fused-ring (bicyclic) bond motifs is 1. The number of hydrogen-bond acceptors (Lipinski definition) is 3. The van der Waals surface area contributed by atoms with Crippen molar-refractivity contribution >= 4 is 10.9 Å². The Bertz CT molecular complexity index is 532. The molecule has 0 radical (unpaired) electrons. The van der Waals surface area contributed by atoms with Gasteiger partial charge in [0.1, 0.15) is 0 Å². The molecule has 3 nitrogen and oxygen atoms in total. The lowest BCUT2D eigenvalue weighted by atomic mass is 10.0. The minimum atomic E-state index is 0.358. The van der Waals surface area contributed by atoms with E-state index in [2.05, 4.69) is 34.1 Å². The smallest absolute Gasteiger partial charge is 0.0702 e. The molecule has 0 aliphatic carbocycles. The maximum Gasteiger partial charge on any atom is 0.0702 e. The highest BCUT2D eigenvalue weighted by Crippen LogP contribution is 2.26. The monoisotopic (exact) mass is 241 g/mol. The molecule has 1 atom stereocenters. The fourth-order valence-corrected chi connectivity index (χ4v) is 2.85. The van der Waals surface area contributed by atoms with Crippen molar-refractivity contribution in [2.45, 2.75) is 18.9 Å². The third-order valence-corrected chi connectivity index (χ3v) is 3.82. The second kappa shape index (κ2) is 5.04. The van der Waals surface area contributed by atoms with Crippen LogP contribution in [0.25, 0.3) is 10.9 Å². The zero-order valence-electron chi connectivity index (χ0n) is 10.5. The molecule has 0 saturated carbocycles. The minimum Gasteiger partial charge on any atom is -0.329 e. The molecule has 1 aromatic heterocycles. The Kier molecular flexibility index (Phi) is 3.26. The second-order valence-electron chi connectivity index (χ2n) is 4.95. The van der Waals surface area contributed by atoms with Gasteiger partial charge in [0.2, 0.25) is 0 Å². The van der Waals surface area contributed by atoms with Crippen molar-refractivity contribution in [3.05, 3.63) is 42.1 Å². The highest BCUT2D eigenvalue weighted by molar-refractivity contribution is 5.79. The first-order chi connectivity index (χ1) is 8.88. The Morgan fingerprint density at radius 2 is 2.06 bits per heavy atom. The Morgan fingerprint density at radius 3 is 2.83 bits per heavy atom. The van der Waals surface area contributed by atoms with Crippen LogP contribution in [0.4, 0.5) is 0 Å². The van der Waals surface area contributed by atoms with Gasteiger partial charge in [-0.25, -0.2) is 0 Å². The fourth-order valence-electron chi connectivity index (χ4n) is 2.85. The van der Waals surface area contributed by atoms with Crippen LogP contribution in [-0.2, 0) is 0 Å². The van der Waals surface area contributed by atoms with Gasteiger partial charge in [-0.3, -0.25) is 9.88 Å². The van der Waals surface area contributed by atoms with Gasteiger partial charge in [0.05, 0.1) is 5.52 Å². The molecule has 0 bridgehead atoms. The number of likely N-dealkylation sites (tertiary alicyclic amines) is 1. The van der Waals surface area contributed by atoms with E-state index in [1.807, 2.05) is 12.3 Å². The van der Waals surface area contributed by atoms with Gasteiger partial charge in [0.25, 0.3) is 0 Å². The average Bonchev–Trinajstić information content (AvgIpc) is 2.93. The van der Waals surface area contributed by atoms with Crippen LogP contribution in [0.2, 0.25) is 0 Å². The summed E-state index contributed by atoms with van der Waals surface area (Å²) in [7, 11) is 0. The van der Waals surface area contributed by atoms with Crippen LogP contribution in [0.1, 0.15) is 24.4 Å². The van der Waals surface area contributed by atoms with Crippen molar-refractivity contribution in [3.8, 4) is 0 Å². The van der Waals surface area contributed by atoms with E-state index in [-0.39, 0.29) is 0 Å². The van der Waals surface area contributed by atoms with E-state index in [9.17, 15) is 0 Å². The second-order valence-corrected chi connectivity index (χ2v) is 4.95. The van der Waals surface area contributed by atoms with Crippen molar-refractivity contribution in [3.63, 3.8) is 0 Å². The van der Waals surface area contributed by atoms with Crippen LogP contribution in [0, 0.1) is 0 Å². The lowest BCUT2D eigenvalue weighted by Crippen LogP contribution is -2.31. The number of nitrogens with zero attached hydrogens (tertiary/aromatic N) is 2. The first-order valence-corrected chi connectivity index (χ1v) is 6.67. The van der Waals surface area contributed by atoms with Crippen LogP contribution in [0.5, 0.6) is 0 Å². The Balaban J connectivity index is 1.96. The fraction of sp³-hybridized carbons (Fsp3) is 0.400. The first kappa shape index (κ1) is 11.6.